The number of nitrogens with one attached hydrogen (secondary N) is 1. The summed E-state index contributed by atoms with van der Waals surface area (Å²) < 4.78 is 10.6. The van der Waals surface area contributed by atoms with Gasteiger partial charge >= 0.3 is 6.09 Å². The molecule has 0 fully saturated rings. The van der Waals surface area contributed by atoms with E-state index in [1.54, 1.807) is 18.2 Å². The highest BCUT2D eigenvalue weighted by atomic mass is 35.5. The summed E-state index contributed by atoms with van der Waals surface area (Å²) in [6.45, 7) is 5.42. The summed E-state index contributed by atoms with van der Waals surface area (Å²) in [5.74, 6) is 0.563. The van der Waals surface area contributed by atoms with E-state index in [0.717, 1.165) is 5.56 Å². The Hall–Kier alpha value is -1.94. The molecule has 0 radical (unpaired) electrons. The summed E-state index contributed by atoms with van der Waals surface area (Å²) in [6, 6.07) is 8.84. The first-order valence-electron chi connectivity index (χ1n) is 6.18. The molecule has 2 aromatic rings. The van der Waals surface area contributed by atoms with Crippen LogP contribution in [-0.4, -0.2) is 11.7 Å². The average molecular weight is 294 g/mol. The molecule has 106 valence electrons. The molecule has 0 spiro atoms. The second-order valence-electron chi connectivity index (χ2n) is 5.30. The molecular formula is C15H16ClNO3. The molecule has 20 heavy (non-hydrogen) atoms. The molecule has 1 aromatic carbocycles. The number of rotatable bonds is 2. The van der Waals surface area contributed by atoms with Crippen LogP contribution in [0.4, 0.5) is 10.5 Å². The Balaban J connectivity index is 2.17. The molecule has 1 aromatic heterocycles. The number of hydrogen-bond acceptors (Lipinski definition) is 3. The number of carbonyl (C=O) groups is 1. The van der Waals surface area contributed by atoms with Crippen LogP contribution >= 0.6 is 11.6 Å². The molecule has 0 atom stereocenters. The molecule has 0 unspecified atom stereocenters. The Morgan fingerprint density at radius 1 is 1.20 bits per heavy atom. The fraction of sp³-hybridized carbons (Fsp3) is 0.267. The average Bonchev–Trinajstić information content (AvgIpc) is 2.75. The minimum atomic E-state index is -0.547. The van der Waals surface area contributed by atoms with Crippen LogP contribution in [0, 0.1) is 0 Å². The van der Waals surface area contributed by atoms with Gasteiger partial charge in [0.15, 0.2) is 5.76 Å². The molecule has 2 rings (SSSR count). The summed E-state index contributed by atoms with van der Waals surface area (Å²) in [7, 11) is 0. The topological polar surface area (TPSA) is 51.5 Å². The van der Waals surface area contributed by atoms with E-state index in [2.05, 4.69) is 5.32 Å². The van der Waals surface area contributed by atoms with Crippen molar-refractivity contribution in [2.24, 2.45) is 0 Å². The SMILES string of the molecule is CC(C)(C)OC(=O)Nc1ccoc1-c1ccc(Cl)cc1. The van der Waals surface area contributed by atoms with E-state index < -0.39 is 11.7 Å². The highest BCUT2D eigenvalue weighted by molar-refractivity contribution is 6.30. The van der Waals surface area contributed by atoms with E-state index in [9.17, 15) is 4.79 Å². The third-order valence-electron chi connectivity index (χ3n) is 2.41. The Labute approximate surface area is 122 Å². The molecule has 0 aliphatic rings. The number of benzene rings is 1. The summed E-state index contributed by atoms with van der Waals surface area (Å²) >= 11 is 5.85. The maximum atomic E-state index is 11.8. The first-order valence-corrected chi connectivity index (χ1v) is 6.56. The van der Waals surface area contributed by atoms with Crippen molar-refractivity contribution < 1.29 is 13.9 Å². The normalized spacial score (nSPS) is 11.2. The first-order chi connectivity index (χ1) is 9.35. The number of carbonyl (C=O) groups excluding carboxylic acids is 1. The van der Waals surface area contributed by atoms with Gasteiger partial charge in [-0.1, -0.05) is 11.6 Å². The number of halogens is 1. The van der Waals surface area contributed by atoms with E-state index >= 15 is 0 Å². The van der Waals surface area contributed by atoms with Crippen molar-refractivity contribution in [3.05, 3.63) is 41.6 Å². The van der Waals surface area contributed by atoms with E-state index in [1.165, 1.54) is 6.26 Å². The number of furan rings is 1. The van der Waals surface area contributed by atoms with Crippen molar-refractivity contribution in [3.8, 4) is 11.3 Å². The highest BCUT2D eigenvalue weighted by Crippen LogP contribution is 2.30. The molecule has 0 aliphatic carbocycles. The number of amides is 1. The lowest BCUT2D eigenvalue weighted by Gasteiger charge is -2.19. The Morgan fingerprint density at radius 3 is 2.45 bits per heavy atom. The molecule has 0 saturated heterocycles. The van der Waals surface area contributed by atoms with Gasteiger partial charge in [-0.05, 0) is 45.0 Å². The van der Waals surface area contributed by atoms with Gasteiger partial charge in [0, 0.05) is 16.7 Å². The lowest BCUT2D eigenvalue weighted by atomic mass is 10.1. The van der Waals surface area contributed by atoms with Crippen LogP contribution in [0.5, 0.6) is 0 Å². The van der Waals surface area contributed by atoms with E-state index in [-0.39, 0.29) is 0 Å². The first kappa shape index (κ1) is 14.5. The predicted octanol–water partition coefficient (Wildman–Crippen LogP) is 4.95. The second kappa shape index (κ2) is 5.59. The number of ether oxygens (including phenoxy) is 1. The molecule has 5 heteroatoms. The van der Waals surface area contributed by atoms with Crippen molar-refractivity contribution >= 4 is 23.4 Å². The summed E-state index contributed by atoms with van der Waals surface area (Å²) in [5.41, 5.74) is 0.834. The molecule has 0 bridgehead atoms. The fourth-order valence-corrected chi connectivity index (χ4v) is 1.77. The highest BCUT2D eigenvalue weighted by Gasteiger charge is 2.18. The molecular weight excluding hydrogens is 278 g/mol. The second-order valence-corrected chi connectivity index (χ2v) is 5.73. The lowest BCUT2D eigenvalue weighted by Crippen LogP contribution is -2.27. The smallest absolute Gasteiger partial charge is 0.412 e. The predicted molar refractivity (Wildman–Crippen MR) is 79.0 cm³/mol. The molecule has 1 N–H and O–H groups in total. The van der Waals surface area contributed by atoms with Crippen molar-refractivity contribution in [1.82, 2.24) is 0 Å². The van der Waals surface area contributed by atoms with Gasteiger partial charge in [-0.3, -0.25) is 5.32 Å². The summed E-state index contributed by atoms with van der Waals surface area (Å²) in [6.07, 6.45) is 0.991. The van der Waals surface area contributed by atoms with Gasteiger partial charge in [0.1, 0.15) is 5.60 Å². The fourth-order valence-electron chi connectivity index (χ4n) is 1.65. The zero-order valence-corrected chi connectivity index (χ0v) is 12.3. The van der Waals surface area contributed by atoms with Gasteiger partial charge in [0.2, 0.25) is 0 Å². The third kappa shape index (κ3) is 3.78. The maximum absolute atomic E-state index is 11.8. The lowest BCUT2D eigenvalue weighted by molar-refractivity contribution is 0.0636. The third-order valence-corrected chi connectivity index (χ3v) is 2.66. The van der Waals surface area contributed by atoms with Crippen LogP contribution in [0.25, 0.3) is 11.3 Å². The zero-order chi connectivity index (χ0) is 14.8. The van der Waals surface area contributed by atoms with Crippen LogP contribution < -0.4 is 5.32 Å². The Bertz CT molecular complexity index is 596. The molecule has 0 aliphatic heterocycles. The van der Waals surface area contributed by atoms with Crippen LogP contribution in [0.15, 0.2) is 41.0 Å². The number of hydrogen-bond donors (Lipinski definition) is 1. The van der Waals surface area contributed by atoms with Gasteiger partial charge in [-0.15, -0.1) is 0 Å². The van der Waals surface area contributed by atoms with Crippen molar-refractivity contribution in [1.29, 1.82) is 0 Å². The minimum absolute atomic E-state index is 0.519. The minimum Gasteiger partial charge on any atom is -0.462 e. The van der Waals surface area contributed by atoms with Crippen LogP contribution in [0.1, 0.15) is 20.8 Å². The Kier molecular flexibility index (Phi) is 4.04. The number of anilines is 1. The maximum Gasteiger partial charge on any atom is 0.412 e. The van der Waals surface area contributed by atoms with E-state index in [4.69, 9.17) is 20.8 Å². The molecule has 1 heterocycles. The van der Waals surface area contributed by atoms with E-state index in [1.807, 2.05) is 32.9 Å². The summed E-state index contributed by atoms with van der Waals surface area (Å²) in [5, 5.41) is 3.31. The van der Waals surface area contributed by atoms with Gasteiger partial charge in [-0.2, -0.15) is 0 Å². The van der Waals surface area contributed by atoms with Crippen molar-refractivity contribution in [2.45, 2.75) is 26.4 Å². The van der Waals surface area contributed by atoms with Gasteiger partial charge in [0.25, 0.3) is 0 Å². The molecule has 4 nitrogen and oxygen atoms in total. The largest absolute Gasteiger partial charge is 0.462 e. The monoisotopic (exact) mass is 293 g/mol. The zero-order valence-electron chi connectivity index (χ0n) is 11.6. The Morgan fingerprint density at radius 2 is 1.85 bits per heavy atom. The summed E-state index contributed by atoms with van der Waals surface area (Å²) in [4.78, 5) is 11.8. The van der Waals surface area contributed by atoms with Gasteiger partial charge in [0.05, 0.1) is 12.0 Å². The van der Waals surface area contributed by atoms with Crippen LogP contribution in [-0.2, 0) is 4.74 Å². The van der Waals surface area contributed by atoms with Crippen LogP contribution in [0.2, 0.25) is 5.02 Å². The molecule has 0 saturated carbocycles. The van der Waals surface area contributed by atoms with E-state index in [0.29, 0.717) is 16.5 Å². The van der Waals surface area contributed by atoms with Gasteiger partial charge in [-0.25, -0.2) is 4.79 Å². The van der Waals surface area contributed by atoms with Crippen molar-refractivity contribution in [2.75, 3.05) is 5.32 Å². The van der Waals surface area contributed by atoms with Crippen LogP contribution in [0.3, 0.4) is 0 Å². The molecule has 1 amide bonds. The van der Waals surface area contributed by atoms with Gasteiger partial charge < -0.3 is 9.15 Å². The van der Waals surface area contributed by atoms with Crippen molar-refractivity contribution in [3.63, 3.8) is 0 Å². The standard InChI is InChI=1S/C15H16ClNO3/c1-15(2,3)20-14(18)17-12-8-9-19-13(12)10-4-6-11(16)7-5-10/h4-9H,1-3H3,(H,17,18). The quantitative estimate of drug-likeness (QED) is 0.852.